The summed E-state index contributed by atoms with van der Waals surface area (Å²) < 4.78 is 33.2. The number of nitrogens with one attached hydrogen (secondary N) is 1. The maximum atomic E-state index is 12.8. The van der Waals surface area contributed by atoms with E-state index in [4.69, 9.17) is 16.3 Å². The number of anilines is 1. The van der Waals surface area contributed by atoms with Gasteiger partial charge in [0.25, 0.3) is 10.0 Å². The molecule has 0 bridgehead atoms. The van der Waals surface area contributed by atoms with Crippen LogP contribution in [0.3, 0.4) is 0 Å². The molecular formula is C18H16ClN3O3S2. The molecule has 0 saturated heterocycles. The third-order valence-corrected chi connectivity index (χ3v) is 6.17. The van der Waals surface area contributed by atoms with Crippen molar-refractivity contribution in [2.45, 2.75) is 9.79 Å². The summed E-state index contributed by atoms with van der Waals surface area (Å²) in [6.07, 6.45) is 3.13. The molecule has 1 heterocycles. The summed E-state index contributed by atoms with van der Waals surface area (Å²) in [6, 6.07) is 13.6. The lowest BCUT2D eigenvalue weighted by Gasteiger charge is -2.13. The molecule has 0 radical (unpaired) electrons. The van der Waals surface area contributed by atoms with Crippen molar-refractivity contribution in [1.82, 2.24) is 9.97 Å². The minimum Gasteiger partial charge on any atom is -0.497 e. The van der Waals surface area contributed by atoms with Crippen LogP contribution < -0.4 is 9.46 Å². The van der Waals surface area contributed by atoms with Crippen LogP contribution >= 0.6 is 23.4 Å². The molecule has 0 aliphatic heterocycles. The summed E-state index contributed by atoms with van der Waals surface area (Å²) in [5, 5.41) is 0.144. The van der Waals surface area contributed by atoms with Gasteiger partial charge in [-0.15, -0.1) is 11.8 Å². The summed E-state index contributed by atoms with van der Waals surface area (Å²) >= 11 is 7.77. The first-order chi connectivity index (χ1) is 12.9. The third-order valence-electron chi connectivity index (χ3n) is 3.78. The fourth-order valence-corrected chi connectivity index (χ4v) is 4.07. The van der Waals surface area contributed by atoms with E-state index in [0.29, 0.717) is 16.9 Å². The Bertz CT molecular complexity index is 1040. The van der Waals surface area contributed by atoms with Crippen molar-refractivity contribution in [2.75, 3.05) is 18.1 Å². The number of hydrogen-bond donors (Lipinski definition) is 1. The van der Waals surface area contributed by atoms with Crippen molar-refractivity contribution in [3.63, 3.8) is 0 Å². The van der Waals surface area contributed by atoms with E-state index in [2.05, 4.69) is 14.7 Å². The molecule has 0 spiro atoms. The van der Waals surface area contributed by atoms with Crippen LogP contribution in [0.1, 0.15) is 0 Å². The Hall–Kier alpha value is -2.29. The third kappa shape index (κ3) is 4.35. The first kappa shape index (κ1) is 19.5. The van der Waals surface area contributed by atoms with Crippen molar-refractivity contribution in [3.05, 3.63) is 60.0 Å². The van der Waals surface area contributed by atoms with E-state index in [-0.39, 0.29) is 15.9 Å². The Labute approximate surface area is 167 Å². The highest BCUT2D eigenvalue weighted by Gasteiger charge is 2.20. The van der Waals surface area contributed by atoms with Gasteiger partial charge in [0.1, 0.15) is 17.2 Å². The van der Waals surface area contributed by atoms with Crippen molar-refractivity contribution in [2.24, 2.45) is 0 Å². The quantitative estimate of drug-likeness (QED) is 0.471. The van der Waals surface area contributed by atoms with Crippen LogP contribution in [-0.2, 0) is 10.0 Å². The van der Waals surface area contributed by atoms with E-state index in [0.717, 1.165) is 4.90 Å². The largest absolute Gasteiger partial charge is 0.497 e. The Morgan fingerprint density at radius 2 is 1.70 bits per heavy atom. The van der Waals surface area contributed by atoms with Crippen molar-refractivity contribution < 1.29 is 13.2 Å². The molecule has 27 heavy (non-hydrogen) atoms. The lowest BCUT2D eigenvalue weighted by Crippen LogP contribution is -2.15. The minimum absolute atomic E-state index is 0.106. The zero-order valence-corrected chi connectivity index (χ0v) is 16.9. The Morgan fingerprint density at radius 1 is 1.04 bits per heavy atom. The fraction of sp³-hybridized carbons (Fsp3) is 0.111. The van der Waals surface area contributed by atoms with Gasteiger partial charge in [0.15, 0.2) is 5.82 Å². The van der Waals surface area contributed by atoms with Gasteiger partial charge in [-0.3, -0.25) is 4.72 Å². The maximum Gasteiger partial charge on any atom is 0.263 e. The molecule has 3 rings (SSSR count). The molecule has 1 aromatic heterocycles. The summed E-state index contributed by atoms with van der Waals surface area (Å²) in [6.45, 7) is 0. The lowest BCUT2D eigenvalue weighted by atomic mass is 10.1. The van der Waals surface area contributed by atoms with Gasteiger partial charge in [0.05, 0.1) is 17.6 Å². The van der Waals surface area contributed by atoms with Gasteiger partial charge in [0, 0.05) is 4.90 Å². The summed E-state index contributed by atoms with van der Waals surface area (Å²) in [5.74, 6) is 0.775. The molecule has 0 aliphatic rings. The van der Waals surface area contributed by atoms with Gasteiger partial charge in [-0.05, 0) is 48.2 Å². The monoisotopic (exact) mass is 421 g/mol. The average Bonchev–Trinajstić information content (AvgIpc) is 2.68. The van der Waals surface area contributed by atoms with E-state index in [1.54, 1.807) is 55.6 Å². The number of sulfonamides is 1. The molecule has 0 atom stereocenters. The van der Waals surface area contributed by atoms with E-state index < -0.39 is 10.0 Å². The van der Waals surface area contributed by atoms with Gasteiger partial charge < -0.3 is 4.74 Å². The molecule has 6 nitrogen and oxygen atoms in total. The molecule has 2 aromatic carbocycles. The predicted octanol–water partition coefficient (Wildman–Crippen LogP) is 4.33. The van der Waals surface area contributed by atoms with Gasteiger partial charge in [-0.2, -0.15) is 0 Å². The van der Waals surface area contributed by atoms with E-state index in [9.17, 15) is 8.42 Å². The molecule has 0 unspecified atom stereocenters. The second kappa shape index (κ2) is 8.16. The van der Waals surface area contributed by atoms with Gasteiger partial charge in [0.2, 0.25) is 0 Å². The summed E-state index contributed by atoms with van der Waals surface area (Å²) in [4.78, 5) is 9.16. The predicted molar refractivity (Wildman–Crippen MR) is 108 cm³/mol. The average molecular weight is 422 g/mol. The van der Waals surface area contributed by atoms with Crippen LogP contribution in [0.4, 0.5) is 5.82 Å². The van der Waals surface area contributed by atoms with E-state index >= 15 is 0 Å². The second-order valence-electron chi connectivity index (χ2n) is 5.40. The first-order valence-electron chi connectivity index (χ1n) is 7.76. The topological polar surface area (TPSA) is 81.2 Å². The summed E-state index contributed by atoms with van der Waals surface area (Å²) in [7, 11) is -2.27. The molecule has 3 aromatic rings. The molecule has 140 valence electrons. The Balaban J connectivity index is 2.00. The van der Waals surface area contributed by atoms with Crippen molar-refractivity contribution >= 4 is 39.2 Å². The van der Waals surface area contributed by atoms with Crippen LogP contribution in [0.15, 0.2) is 64.6 Å². The Morgan fingerprint density at radius 3 is 2.30 bits per heavy atom. The fourth-order valence-electron chi connectivity index (χ4n) is 2.40. The molecule has 0 amide bonds. The number of hydrogen-bond acceptors (Lipinski definition) is 6. The molecule has 0 fully saturated rings. The van der Waals surface area contributed by atoms with Crippen molar-refractivity contribution in [1.29, 1.82) is 0 Å². The number of aromatic nitrogens is 2. The van der Waals surface area contributed by atoms with E-state index in [1.807, 2.05) is 6.26 Å². The summed E-state index contributed by atoms with van der Waals surface area (Å²) in [5.41, 5.74) is 1.06. The second-order valence-corrected chi connectivity index (χ2v) is 8.32. The number of nitrogens with zero attached hydrogens (tertiary/aromatic N) is 2. The zero-order chi connectivity index (χ0) is 19.4. The maximum absolute atomic E-state index is 12.8. The Kier molecular flexibility index (Phi) is 5.88. The normalized spacial score (nSPS) is 11.2. The van der Waals surface area contributed by atoms with Crippen molar-refractivity contribution in [3.8, 4) is 16.9 Å². The van der Waals surface area contributed by atoms with Gasteiger partial charge in [-0.25, -0.2) is 18.4 Å². The smallest absolute Gasteiger partial charge is 0.263 e. The van der Waals surface area contributed by atoms with Gasteiger partial charge in [-0.1, -0.05) is 23.7 Å². The number of rotatable bonds is 6. The number of methoxy groups -OCH3 is 1. The first-order valence-corrected chi connectivity index (χ1v) is 10.8. The highest BCUT2D eigenvalue weighted by Crippen LogP contribution is 2.34. The van der Waals surface area contributed by atoms with E-state index in [1.165, 1.54) is 18.1 Å². The molecule has 1 N–H and O–H groups in total. The number of thioether (sulfide) groups is 1. The lowest BCUT2D eigenvalue weighted by molar-refractivity contribution is 0.415. The van der Waals surface area contributed by atoms with Crippen LogP contribution in [0.25, 0.3) is 11.1 Å². The molecule has 0 saturated carbocycles. The van der Waals surface area contributed by atoms with Crippen LogP contribution in [0.5, 0.6) is 5.75 Å². The van der Waals surface area contributed by atoms with Gasteiger partial charge >= 0.3 is 0 Å². The van der Waals surface area contributed by atoms with Crippen LogP contribution in [0.2, 0.25) is 5.15 Å². The van der Waals surface area contributed by atoms with Crippen LogP contribution in [-0.4, -0.2) is 31.8 Å². The highest BCUT2D eigenvalue weighted by molar-refractivity contribution is 7.98. The molecular weight excluding hydrogens is 406 g/mol. The number of ether oxygens (including phenoxy) is 1. The minimum atomic E-state index is -3.83. The number of benzene rings is 2. The SMILES string of the molecule is COc1ccc(-c2c(Cl)ncnc2NS(=O)(=O)c2ccc(SC)cc2)cc1. The zero-order valence-electron chi connectivity index (χ0n) is 14.5. The van der Waals surface area contributed by atoms with Crippen LogP contribution in [0, 0.1) is 0 Å². The number of halogens is 1. The molecule has 0 aliphatic carbocycles. The molecule has 9 heteroatoms. The highest BCUT2D eigenvalue weighted by atomic mass is 35.5. The standard InChI is InChI=1S/C18H16ClN3O3S2/c1-25-13-5-3-12(4-6-13)16-17(19)20-11-21-18(16)22-27(23,24)15-9-7-14(26-2)8-10-15/h3-11H,1-2H3,(H,20,21,22).